The smallest absolute Gasteiger partial charge is 0.244 e. The SMILES string of the molecule is O=C(CN1CSCC1=O)Nc1cccc(F)c1. The van der Waals surface area contributed by atoms with E-state index in [1.165, 1.54) is 34.9 Å². The molecule has 2 amide bonds. The second-order valence-electron chi connectivity index (χ2n) is 3.63. The van der Waals surface area contributed by atoms with Crippen LogP contribution >= 0.6 is 11.8 Å². The van der Waals surface area contributed by atoms with Gasteiger partial charge in [0.2, 0.25) is 11.8 Å². The number of benzene rings is 1. The Bertz CT molecular complexity index is 453. The number of hydrogen-bond donors (Lipinski definition) is 1. The summed E-state index contributed by atoms with van der Waals surface area (Å²) in [4.78, 5) is 24.3. The first-order chi connectivity index (χ1) is 8.15. The van der Waals surface area contributed by atoms with Crippen molar-refractivity contribution in [3.05, 3.63) is 30.1 Å². The summed E-state index contributed by atoms with van der Waals surface area (Å²) in [6, 6.07) is 5.65. The normalized spacial score (nSPS) is 15.1. The number of carbonyl (C=O) groups excluding carboxylic acids is 2. The van der Waals surface area contributed by atoms with Gasteiger partial charge in [0.05, 0.1) is 11.6 Å². The molecule has 1 aliphatic rings. The Kier molecular flexibility index (Phi) is 3.63. The molecule has 1 fully saturated rings. The summed E-state index contributed by atoms with van der Waals surface area (Å²) in [6.07, 6.45) is 0. The summed E-state index contributed by atoms with van der Waals surface area (Å²) in [5.74, 6) is 0.203. The van der Waals surface area contributed by atoms with Crippen LogP contribution in [-0.2, 0) is 9.59 Å². The van der Waals surface area contributed by atoms with Gasteiger partial charge in [0.1, 0.15) is 12.4 Å². The minimum Gasteiger partial charge on any atom is -0.324 e. The van der Waals surface area contributed by atoms with E-state index in [9.17, 15) is 14.0 Å². The molecule has 1 heterocycles. The highest BCUT2D eigenvalue weighted by atomic mass is 32.2. The summed E-state index contributed by atoms with van der Waals surface area (Å²) in [5.41, 5.74) is 0.397. The summed E-state index contributed by atoms with van der Waals surface area (Å²) >= 11 is 1.48. The molecule has 2 rings (SSSR count). The van der Waals surface area contributed by atoms with E-state index in [0.29, 0.717) is 17.3 Å². The molecular weight excluding hydrogens is 243 g/mol. The first kappa shape index (κ1) is 11.9. The maximum Gasteiger partial charge on any atom is 0.244 e. The van der Waals surface area contributed by atoms with E-state index in [-0.39, 0.29) is 18.4 Å². The predicted octanol–water partition coefficient (Wildman–Crippen LogP) is 1.30. The number of hydrogen-bond acceptors (Lipinski definition) is 3. The van der Waals surface area contributed by atoms with E-state index in [2.05, 4.69) is 5.32 Å². The molecule has 1 N–H and O–H groups in total. The molecule has 1 saturated heterocycles. The third-order valence-corrected chi connectivity index (χ3v) is 3.21. The van der Waals surface area contributed by atoms with Crippen LogP contribution in [0.4, 0.5) is 10.1 Å². The highest BCUT2D eigenvalue weighted by molar-refractivity contribution is 8.00. The van der Waals surface area contributed by atoms with E-state index >= 15 is 0 Å². The van der Waals surface area contributed by atoms with E-state index < -0.39 is 5.82 Å². The van der Waals surface area contributed by atoms with Gasteiger partial charge in [-0.25, -0.2) is 4.39 Å². The monoisotopic (exact) mass is 254 g/mol. The van der Waals surface area contributed by atoms with Gasteiger partial charge in [-0.1, -0.05) is 6.07 Å². The zero-order valence-corrected chi connectivity index (χ0v) is 9.80. The van der Waals surface area contributed by atoms with E-state index in [4.69, 9.17) is 0 Å². The van der Waals surface area contributed by atoms with Crippen molar-refractivity contribution in [3.8, 4) is 0 Å². The average molecular weight is 254 g/mol. The van der Waals surface area contributed by atoms with Crippen LogP contribution in [0.15, 0.2) is 24.3 Å². The van der Waals surface area contributed by atoms with Gasteiger partial charge in [0, 0.05) is 5.69 Å². The number of nitrogens with zero attached hydrogens (tertiary/aromatic N) is 1. The van der Waals surface area contributed by atoms with E-state index in [1.54, 1.807) is 6.07 Å². The summed E-state index contributed by atoms with van der Waals surface area (Å²) in [7, 11) is 0. The number of carbonyl (C=O) groups is 2. The largest absolute Gasteiger partial charge is 0.324 e. The zero-order chi connectivity index (χ0) is 12.3. The molecule has 0 aromatic heterocycles. The van der Waals surface area contributed by atoms with Crippen molar-refractivity contribution < 1.29 is 14.0 Å². The van der Waals surface area contributed by atoms with Gasteiger partial charge < -0.3 is 10.2 Å². The molecule has 6 heteroatoms. The van der Waals surface area contributed by atoms with Gasteiger partial charge in [-0.2, -0.15) is 0 Å². The van der Waals surface area contributed by atoms with E-state index in [1.807, 2.05) is 0 Å². The molecule has 1 aromatic rings. The van der Waals surface area contributed by atoms with Crippen molar-refractivity contribution in [1.29, 1.82) is 0 Å². The Morgan fingerprint density at radius 3 is 3.00 bits per heavy atom. The quantitative estimate of drug-likeness (QED) is 0.884. The minimum atomic E-state index is -0.407. The Morgan fingerprint density at radius 1 is 1.53 bits per heavy atom. The molecule has 0 bridgehead atoms. The van der Waals surface area contributed by atoms with Crippen LogP contribution in [0.25, 0.3) is 0 Å². The number of rotatable bonds is 3. The second kappa shape index (κ2) is 5.18. The zero-order valence-electron chi connectivity index (χ0n) is 8.98. The topological polar surface area (TPSA) is 49.4 Å². The van der Waals surface area contributed by atoms with Crippen molar-refractivity contribution in [2.24, 2.45) is 0 Å². The van der Waals surface area contributed by atoms with Crippen LogP contribution in [0.3, 0.4) is 0 Å². The fourth-order valence-electron chi connectivity index (χ4n) is 1.48. The minimum absolute atomic E-state index is 0.0162. The number of halogens is 1. The Hall–Kier alpha value is -1.56. The molecule has 0 radical (unpaired) electrons. The molecule has 90 valence electrons. The van der Waals surface area contributed by atoms with Gasteiger partial charge in [-0.15, -0.1) is 11.8 Å². The van der Waals surface area contributed by atoms with Crippen LogP contribution in [0.1, 0.15) is 0 Å². The number of thioether (sulfide) groups is 1. The second-order valence-corrected chi connectivity index (χ2v) is 4.58. The lowest BCUT2D eigenvalue weighted by Gasteiger charge is -2.14. The lowest BCUT2D eigenvalue weighted by Crippen LogP contribution is -2.34. The Morgan fingerprint density at radius 2 is 2.35 bits per heavy atom. The van der Waals surface area contributed by atoms with Crippen molar-refractivity contribution in [1.82, 2.24) is 4.90 Å². The van der Waals surface area contributed by atoms with Crippen LogP contribution < -0.4 is 5.32 Å². The number of amides is 2. The molecule has 0 saturated carbocycles. The third kappa shape index (κ3) is 3.20. The number of anilines is 1. The maximum atomic E-state index is 12.9. The molecule has 0 spiro atoms. The Balaban J connectivity index is 1.91. The summed E-state index contributed by atoms with van der Waals surface area (Å²) in [5, 5.41) is 2.55. The molecule has 1 aromatic carbocycles. The predicted molar refractivity (Wildman–Crippen MR) is 64.1 cm³/mol. The van der Waals surface area contributed by atoms with Crippen LogP contribution in [0.5, 0.6) is 0 Å². The van der Waals surface area contributed by atoms with Crippen LogP contribution in [-0.4, -0.2) is 34.9 Å². The molecule has 0 atom stereocenters. The van der Waals surface area contributed by atoms with Crippen molar-refractivity contribution in [3.63, 3.8) is 0 Å². The fourth-order valence-corrected chi connectivity index (χ4v) is 2.38. The standard InChI is InChI=1S/C11H11FN2O2S/c12-8-2-1-3-9(4-8)13-10(15)5-14-7-17-6-11(14)16/h1-4H,5-7H2,(H,13,15). The first-order valence-corrected chi connectivity index (χ1v) is 6.21. The summed E-state index contributed by atoms with van der Waals surface area (Å²) in [6.45, 7) is 0.0162. The lowest BCUT2D eigenvalue weighted by molar-refractivity contribution is -0.130. The van der Waals surface area contributed by atoms with Gasteiger partial charge in [0.15, 0.2) is 0 Å². The first-order valence-electron chi connectivity index (χ1n) is 5.06. The molecule has 0 unspecified atom stereocenters. The average Bonchev–Trinajstić information content (AvgIpc) is 2.64. The maximum absolute atomic E-state index is 12.9. The molecule has 1 aliphatic heterocycles. The molecule has 17 heavy (non-hydrogen) atoms. The highest BCUT2D eigenvalue weighted by Crippen LogP contribution is 2.15. The van der Waals surface area contributed by atoms with Crippen LogP contribution in [0, 0.1) is 5.82 Å². The van der Waals surface area contributed by atoms with Gasteiger partial charge in [-0.05, 0) is 18.2 Å². The fraction of sp³-hybridized carbons (Fsp3) is 0.273. The highest BCUT2D eigenvalue weighted by Gasteiger charge is 2.22. The summed E-state index contributed by atoms with van der Waals surface area (Å²) < 4.78 is 12.9. The third-order valence-electron chi connectivity index (χ3n) is 2.27. The van der Waals surface area contributed by atoms with Gasteiger partial charge in [-0.3, -0.25) is 9.59 Å². The van der Waals surface area contributed by atoms with E-state index in [0.717, 1.165) is 0 Å². The molecular formula is C11H11FN2O2S. The van der Waals surface area contributed by atoms with Gasteiger partial charge in [0.25, 0.3) is 0 Å². The van der Waals surface area contributed by atoms with Crippen LogP contribution in [0.2, 0.25) is 0 Å². The van der Waals surface area contributed by atoms with Crippen molar-refractivity contribution >= 4 is 29.3 Å². The Labute approximate surface area is 102 Å². The number of nitrogens with one attached hydrogen (secondary N) is 1. The van der Waals surface area contributed by atoms with Crippen molar-refractivity contribution in [2.75, 3.05) is 23.5 Å². The van der Waals surface area contributed by atoms with Gasteiger partial charge >= 0.3 is 0 Å². The molecule has 0 aliphatic carbocycles. The lowest BCUT2D eigenvalue weighted by atomic mass is 10.3. The van der Waals surface area contributed by atoms with Crippen molar-refractivity contribution in [2.45, 2.75) is 0 Å². The molecule has 4 nitrogen and oxygen atoms in total.